The van der Waals surface area contributed by atoms with Crippen molar-refractivity contribution in [3.05, 3.63) is 57.0 Å². The van der Waals surface area contributed by atoms with Crippen LogP contribution in [0.3, 0.4) is 0 Å². The van der Waals surface area contributed by atoms with Gasteiger partial charge in [0.05, 0.1) is 0 Å². The Morgan fingerprint density at radius 2 is 1.85 bits per heavy atom. The zero-order valence-electron chi connectivity index (χ0n) is 10.6. The van der Waals surface area contributed by atoms with E-state index in [-0.39, 0.29) is 16.9 Å². The maximum absolute atomic E-state index is 13.9. The molecule has 0 unspecified atom stereocenters. The first-order valence-corrected chi connectivity index (χ1v) is 5.61. The third-order valence-corrected chi connectivity index (χ3v) is 2.77. The number of nitrogens with zero attached hydrogens (tertiary/aromatic N) is 2. The van der Waals surface area contributed by atoms with E-state index in [9.17, 15) is 18.4 Å². The first-order valence-electron chi connectivity index (χ1n) is 5.61. The van der Waals surface area contributed by atoms with Crippen molar-refractivity contribution in [2.75, 3.05) is 0 Å². The molecule has 20 heavy (non-hydrogen) atoms. The third kappa shape index (κ3) is 2.29. The van der Waals surface area contributed by atoms with E-state index in [0.717, 1.165) is 22.9 Å². The fourth-order valence-electron chi connectivity index (χ4n) is 1.74. The fourth-order valence-corrected chi connectivity index (χ4v) is 1.74. The lowest BCUT2D eigenvalue weighted by molar-refractivity contribution is 0.0686. The van der Waals surface area contributed by atoms with Gasteiger partial charge in [-0.3, -0.25) is 4.79 Å². The number of hydrogen-bond acceptors (Lipinski definition) is 3. The summed E-state index contributed by atoms with van der Waals surface area (Å²) in [7, 11) is 0. The Kier molecular flexibility index (Phi) is 3.35. The fraction of sp³-hybridized carbons (Fsp3) is 0.154. The van der Waals surface area contributed by atoms with Gasteiger partial charge in [0.15, 0.2) is 0 Å². The molecule has 0 fully saturated rings. The van der Waals surface area contributed by atoms with Crippen LogP contribution in [0.2, 0.25) is 0 Å². The number of aromatic nitrogens is 2. The number of aromatic carboxylic acids is 1. The number of halogens is 2. The standard InChI is InChI=1S/C13H10F2N2O3/c1-6-3-9(15)10(5-8(6)14)17-7(2)4-11(18)12(16-17)13(19)20/h3-5H,1-2H3,(H,19,20). The predicted octanol–water partition coefficient (Wildman–Crippen LogP) is 1.83. The van der Waals surface area contributed by atoms with Gasteiger partial charge in [0, 0.05) is 17.8 Å². The number of aryl methyl sites for hydroxylation is 2. The zero-order chi connectivity index (χ0) is 15.0. The number of carboxylic acids is 1. The molecule has 0 saturated heterocycles. The SMILES string of the molecule is Cc1cc(F)c(-n2nc(C(=O)O)c(=O)cc2C)cc1F. The topological polar surface area (TPSA) is 72.2 Å². The molecular weight excluding hydrogens is 270 g/mol. The van der Waals surface area contributed by atoms with Crippen molar-refractivity contribution in [1.29, 1.82) is 0 Å². The number of carbonyl (C=O) groups is 1. The molecule has 2 aromatic rings. The zero-order valence-corrected chi connectivity index (χ0v) is 10.6. The van der Waals surface area contributed by atoms with Crippen LogP contribution in [0.1, 0.15) is 21.7 Å². The number of rotatable bonds is 2. The summed E-state index contributed by atoms with van der Waals surface area (Å²) in [6.45, 7) is 2.84. The van der Waals surface area contributed by atoms with E-state index in [2.05, 4.69) is 5.10 Å². The summed E-state index contributed by atoms with van der Waals surface area (Å²) in [4.78, 5) is 22.3. The molecule has 0 radical (unpaired) electrons. The molecule has 0 aliphatic rings. The second-order valence-electron chi connectivity index (χ2n) is 4.27. The van der Waals surface area contributed by atoms with Gasteiger partial charge in [0.25, 0.3) is 0 Å². The lowest BCUT2D eigenvalue weighted by Crippen LogP contribution is -2.23. The van der Waals surface area contributed by atoms with Gasteiger partial charge in [-0.2, -0.15) is 5.10 Å². The number of hydrogen-bond donors (Lipinski definition) is 1. The summed E-state index contributed by atoms with van der Waals surface area (Å²) >= 11 is 0. The van der Waals surface area contributed by atoms with Gasteiger partial charge in [-0.05, 0) is 25.5 Å². The Bertz CT molecular complexity index is 769. The quantitative estimate of drug-likeness (QED) is 0.910. The lowest BCUT2D eigenvalue weighted by atomic mass is 10.2. The normalized spacial score (nSPS) is 10.6. The monoisotopic (exact) mass is 280 g/mol. The Morgan fingerprint density at radius 1 is 1.20 bits per heavy atom. The van der Waals surface area contributed by atoms with E-state index >= 15 is 0 Å². The minimum atomic E-state index is -1.53. The molecule has 0 spiro atoms. The van der Waals surface area contributed by atoms with Crippen LogP contribution < -0.4 is 5.43 Å². The smallest absolute Gasteiger partial charge is 0.360 e. The van der Waals surface area contributed by atoms with Crippen molar-refractivity contribution >= 4 is 5.97 Å². The van der Waals surface area contributed by atoms with Crippen molar-refractivity contribution in [2.24, 2.45) is 0 Å². The van der Waals surface area contributed by atoms with Crippen molar-refractivity contribution in [1.82, 2.24) is 9.78 Å². The molecular formula is C13H10F2N2O3. The minimum absolute atomic E-state index is 0.114. The molecule has 104 valence electrons. The highest BCUT2D eigenvalue weighted by Crippen LogP contribution is 2.18. The van der Waals surface area contributed by atoms with Crippen molar-refractivity contribution < 1.29 is 18.7 Å². The van der Waals surface area contributed by atoms with Crippen LogP contribution >= 0.6 is 0 Å². The van der Waals surface area contributed by atoms with Crippen LogP contribution in [0.5, 0.6) is 0 Å². The summed E-state index contributed by atoms with van der Waals surface area (Å²) in [6.07, 6.45) is 0. The Labute approximate surface area is 112 Å². The Hall–Kier alpha value is -2.57. The van der Waals surface area contributed by atoms with Gasteiger partial charge in [0.2, 0.25) is 11.1 Å². The number of carboxylic acid groups (broad SMARTS) is 1. The lowest BCUT2D eigenvalue weighted by Gasteiger charge is -2.11. The molecule has 0 aliphatic heterocycles. The van der Waals surface area contributed by atoms with Crippen LogP contribution in [0.25, 0.3) is 5.69 Å². The van der Waals surface area contributed by atoms with Gasteiger partial charge in [-0.1, -0.05) is 0 Å². The second kappa shape index (κ2) is 4.84. The average Bonchev–Trinajstić information content (AvgIpc) is 2.34. The summed E-state index contributed by atoms with van der Waals surface area (Å²) in [5.74, 6) is -2.95. The van der Waals surface area contributed by atoms with E-state index < -0.39 is 28.7 Å². The van der Waals surface area contributed by atoms with Crippen molar-refractivity contribution in [2.45, 2.75) is 13.8 Å². The molecule has 0 amide bonds. The minimum Gasteiger partial charge on any atom is -0.476 e. The van der Waals surface area contributed by atoms with Gasteiger partial charge in [-0.25, -0.2) is 18.3 Å². The van der Waals surface area contributed by atoms with Gasteiger partial charge in [0.1, 0.15) is 17.3 Å². The Morgan fingerprint density at radius 3 is 2.45 bits per heavy atom. The van der Waals surface area contributed by atoms with Crippen molar-refractivity contribution in [3.8, 4) is 5.69 Å². The van der Waals surface area contributed by atoms with Crippen LogP contribution in [0, 0.1) is 25.5 Å². The van der Waals surface area contributed by atoms with Gasteiger partial charge >= 0.3 is 5.97 Å². The maximum atomic E-state index is 13.9. The van der Waals surface area contributed by atoms with E-state index in [0.29, 0.717) is 0 Å². The van der Waals surface area contributed by atoms with Crippen LogP contribution in [0.4, 0.5) is 8.78 Å². The molecule has 2 rings (SSSR count). The second-order valence-corrected chi connectivity index (χ2v) is 4.27. The van der Waals surface area contributed by atoms with Crippen molar-refractivity contribution in [3.63, 3.8) is 0 Å². The molecule has 0 saturated carbocycles. The third-order valence-electron chi connectivity index (χ3n) is 2.77. The van der Waals surface area contributed by atoms with E-state index in [1.165, 1.54) is 13.8 Å². The molecule has 5 nitrogen and oxygen atoms in total. The summed E-state index contributed by atoms with van der Waals surface area (Å²) in [5.41, 5.74) is -1.49. The van der Waals surface area contributed by atoms with E-state index in [1.807, 2.05) is 0 Å². The highest BCUT2D eigenvalue weighted by molar-refractivity contribution is 5.84. The first kappa shape index (κ1) is 13.9. The van der Waals surface area contributed by atoms with Crippen LogP contribution in [0.15, 0.2) is 23.0 Å². The molecule has 7 heteroatoms. The number of benzene rings is 1. The maximum Gasteiger partial charge on any atom is 0.360 e. The molecule has 0 atom stereocenters. The molecule has 0 aliphatic carbocycles. The first-order chi connectivity index (χ1) is 9.31. The van der Waals surface area contributed by atoms with Gasteiger partial charge < -0.3 is 5.11 Å². The van der Waals surface area contributed by atoms with Crippen LogP contribution in [-0.4, -0.2) is 20.9 Å². The molecule has 1 aromatic heterocycles. The van der Waals surface area contributed by atoms with Gasteiger partial charge in [-0.15, -0.1) is 0 Å². The molecule has 0 bridgehead atoms. The van der Waals surface area contributed by atoms with E-state index in [1.54, 1.807) is 0 Å². The van der Waals surface area contributed by atoms with Crippen LogP contribution in [-0.2, 0) is 0 Å². The van der Waals surface area contributed by atoms with E-state index in [4.69, 9.17) is 5.11 Å². The Balaban J connectivity index is 2.76. The summed E-state index contributed by atoms with van der Waals surface area (Å²) < 4.78 is 28.3. The molecule has 1 aromatic carbocycles. The largest absolute Gasteiger partial charge is 0.476 e. The predicted molar refractivity (Wildman–Crippen MR) is 66.2 cm³/mol. The highest BCUT2D eigenvalue weighted by atomic mass is 19.1. The molecule has 1 N–H and O–H groups in total. The summed E-state index contributed by atoms with van der Waals surface area (Å²) in [5, 5.41) is 12.4. The molecule has 1 heterocycles. The average molecular weight is 280 g/mol. The highest BCUT2D eigenvalue weighted by Gasteiger charge is 2.16. The summed E-state index contributed by atoms with van der Waals surface area (Å²) in [6, 6.07) is 2.89.